The van der Waals surface area contributed by atoms with Crippen LogP contribution >= 0.6 is 11.3 Å². The minimum Gasteiger partial charge on any atom is -0.353 e. The topological polar surface area (TPSA) is 25.2 Å². The summed E-state index contributed by atoms with van der Waals surface area (Å²) in [7, 11) is 2.04. The van der Waals surface area contributed by atoms with Crippen molar-refractivity contribution in [3.8, 4) is 0 Å². The first-order valence-electron chi connectivity index (χ1n) is 7.65. The number of aromatic nitrogens is 1. The van der Waals surface area contributed by atoms with Gasteiger partial charge in [0.15, 0.2) is 0 Å². The molecule has 0 aromatic carbocycles. The molecule has 0 aliphatic heterocycles. The van der Waals surface area contributed by atoms with Gasteiger partial charge in [-0.25, -0.2) is 0 Å². The zero-order valence-electron chi connectivity index (χ0n) is 12.5. The van der Waals surface area contributed by atoms with Crippen LogP contribution in [0.15, 0.2) is 35.8 Å². The third-order valence-corrected chi connectivity index (χ3v) is 5.21. The van der Waals surface area contributed by atoms with E-state index in [1.165, 1.54) is 23.4 Å². The van der Waals surface area contributed by atoms with Crippen LogP contribution in [0.3, 0.4) is 0 Å². The second kappa shape index (κ2) is 6.48. The highest BCUT2D eigenvalue weighted by atomic mass is 32.1. The molecular weight excluding hydrogens is 280 g/mol. The minimum absolute atomic E-state index is 0.241. The molecule has 21 heavy (non-hydrogen) atoms. The van der Waals surface area contributed by atoms with Crippen LogP contribution in [0.2, 0.25) is 0 Å². The summed E-state index contributed by atoms with van der Waals surface area (Å²) in [5, 5.41) is 2.08. The molecule has 112 valence electrons. The Labute approximate surface area is 130 Å². The Morgan fingerprint density at radius 3 is 2.71 bits per heavy atom. The number of aryl methyl sites for hydroxylation is 1. The molecular formula is C17H22N2OS. The fourth-order valence-electron chi connectivity index (χ4n) is 3.09. The number of thiophene rings is 1. The van der Waals surface area contributed by atoms with Gasteiger partial charge in [-0.15, -0.1) is 11.3 Å². The Morgan fingerprint density at radius 2 is 2.10 bits per heavy atom. The third kappa shape index (κ3) is 3.38. The van der Waals surface area contributed by atoms with Gasteiger partial charge in [0.05, 0.1) is 13.1 Å². The number of nitrogens with zero attached hydrogens (tertiary/aromatic N) is 2. The fraction of sp³-hybridized carbons (Fsp3) is 0.471. The van der Waals surface area contributed by atoms with Crippen LogP contribution in [0.25, 0.3) is 0 Å². The largest absolute Gasteiger partial charge is 0.353 e. The van der Waals surface area contributed by atoms with E-state index >= 15 is 0 Å². The normalized spacial score (nSPS) is 15.5. The van der Waals surface area contributed by atoms with Gasteiger partial charge in [0, 0.05) is 29.7 Å². The predicted molar refractivity (Wildman–Crippen MR) is 85.9 cm³/mol. The van der Waals surface area contributed by atoms with E-state index < -0.39 is 0 Å². The Hall–Kier alpha value is -1.55. The Morgan fingerprint density at radius 1 is 1.29 bits per heavy atom. The second-order valence-corrected chi connectivity index (χ2v) is 6.90. The van der Waals surface area contributed by atoms with E-state index in [-0.39, 0.29) is 5.92 Å². The number of amides is 1. The van der Waals surface area contributed by atoms with Crippen LogP contribution in [0, 0.1) is 5.92 Å². The van der Waals surface area contributed by atoms with Crippen LogP contribution < -0.4 is 0 Å². The molecule has 0 unspecified atom stereocenters. The van der Waals surface area contributed by atoms with Crippen LogP contribution in [0.4, 0.5) is 0 Å². The summed E-state index contributed by atoms with van der Waals surface area (Å²) < 4.78 is 2.10. The lowest BCUT2D eigenvalue weighted by Gasteiger charge is -2.25. The van der Waals surface area contributed by atoms with Crippen molar-refractivity contribution in [2.45, 2.75) is 38.8 Å². The van der Waals surface area contributed by atoms with E-state index in [4.69, 9.17) is 0 Å². The van der Waals surface area contributed by atoms with Gasteiger partial charge in [-0.3, -0.25) is 4.79 Å². The highest BCUT2D eigenvalue weighted by Crippen LogP contribution is 2.28. The molecule has 1 saturated carbocycles. The summed E-state index contributed by atoms with van der Waals surface area (Å²) >= 11 is 1.73. The quantitative estimate of drug-likeness (QED) is 0.824. The number of carbonyl (C=O) groups excluding carboxylic acids is 1. The van der Waals surface area contributed by atoms with Crippen molar-refractivity contribution >= 4 is 17.2 Å². The van der Waals surface area contributed by atoms with Crippen LogP contribution in [-0.4, -0.2) is 15.4 Å². The van der Waals surface area contributed by atoms with Gasteiger partial charge < -0.3 is 9.47 Å². The van der Waals surface area contributed by atoms with Crippen molar-refractivity contribution in [1.29, 1.82) is 0 Å². The van der Waals surface area contributed by atoms with Gasteiger partial charge in [-0.05, 0) is 36.4 Å². The van der Waals surface area contributed by atoms with Crippen molar-refractivity contribution in [2.75, 3.05) is 0 Å². The average Bonchev–Trinajstić information content (AvgIpc) is 3.20. The van der Waals surface area contributed by atoms with Crippen molar-refractivity contribution in [3.63, 3.8) is 0 Å². The van der Waals surface area contributed by atoms with E-state index in [1.54, 1.807) is 11.3 Å². The standard InChI is InChI=1S/C17H22N2OS/c1-18-10-4-8-15(18)12-19(13-16-9-5-11-21-16)17(20)14-6-2-3-7-14/h4-5,8-11,14H,2-3,6-7,12-13H2,1H3. The molecule has 0 atom stereocenters. The summed E-state index contributed by atoms with van der Waals surface area (Å²) in [6, 6.07) is 8.31. The molecule has 0 bridgehead atoms. The molecule has 0 radical (unpaired) electrons. The molecule has 4 heteroatoms. The van der Waals surface area contributed by atoms with E-state index in [9.17, 15) is 4.79 Å². The molecule has 1 amide bonds. The molecule has 1 fully saturated rings. The summed E-state index contributed by atoms with van der Waals surface area (Å²) in [5.41, 5.74) is 1.19. The van der Waals surface area contributed by atoms with Crippen molar-refractivity contribution in [2.24, 2.45) is 13.0 Å². The maximum atomic E-state index is 12.8. The van der Waals surface area contributed by atoms with Crippen LogP contribution in [0.1, 0.15) is 36.3 Å². The Bertz CT molecular complexity index is 582. The lowest BCUT2D eigenvalue weighted by molar-refractivity contribution is -0.136. The first kappa shape index (κ1) is 14.4. The van der Waals surface area contributed by atoms with Gasteiger partial charge in [-0.2, -0.15) is 0 Å². The first-order chi connectivity index (χ1) is 10.2. The van der Waals surface area contributed by atoms with E-state index in [1.807, 2.05) is 24.2 Å². The molecule has 2 aromatic rings. The number of hydrogen-bond donors (Lipinski definition) is 0. The lowest BCUT2D eigenvalue weighted by Crippen LogP contribution is -2.34. The Kier molecular flexibility index (Phi) is 4.44. The summed E-state index contributed by atoms with van der Waals surface area (Å²) in [4.78, 5) is 16.1. The molecule has 1 aliphatic carbocycles. The van der Waals surface area contributed by atoms with Gasteiger partial charge in [0.2, 0.25) is 5.91 Å². The molecule has 1 aliphatic rings. The number of rotatable bonds is 5. The SMILES string of the molecule is Cn1cccc1CN(Cc1cccs1)C(=O)C1CCCC1. The van der Waals surface area contributed by atoms with Gasteiger partial charge in [0.25, 0.3) is 0 Å². The summed E-state index contributed by atoms with van der Waals surface area (Å²) in [5.74, 6) is 0.576. The summed E-state index contributed by atoms with van der Waals surface area (Å²) in [6.45, 7) is 1.44. The molecule has 0 spiro atoms. The predicted octanol–water partition coefficient (Wildman–Crippen LogP) is 3.81. The van der Waals surface area contributed by atoms with Crippen LogP contribution in [0.5, 0.6) is 0 Å². The first-order valence-corrected chi connectivity index (χ1v) is 8.53. The van der Waals surface area contributed by atoms with Gasteiger partial charge in [0.1, 0.15) is 0 Å². The smallest absolute Gasteiger partial charge is 0.226 e. The van der Waals surface area contributed by atoms with Crippen LogP contribution in [-0.2, 0) is 24.9 Å². The van der Waals surface area contributed by atoms with Crippen molar-refractivity contribution < 1.29 is 4.79 Å². The molecule has 2 heterocycles. The maximum absolute atomic E-state index is 12.8. The lowest BCUT2D eigenvalue weighted by atomic mass is 10.1. The monoisotopic (exact) mass is 302 g/mol. The minimum atomic E-state index is 0.241. The van der Waals surface area contributed by atoms with Crippen molar-refractivity contribution in [1.82, 2.24) is 9.47 Å². The fourth-order valence-corrected chi connectivity index (χ4v) is 3.81. The average molecular weight is 302 g/mol. The van der Waals surface area contributed by atoms with Gasteiger partial charge in [-0.1, -0.05) is 18.9 Å². The highest BCUT2D eigenvalue weighted by molar-refractivity contribution is 7.09. The molecule has 2 aromatic heterocycles. The molecule has 3 rings (SSSR count). The maximum Gasteiger partial charge on any atom is 0.226 e. The van der Waals surface area contributed by atoms with E-state index in [0.717, 1.165) is 19.4 Å². The van der Waals surface area contributed by atoms with E-state index in [2.05, 4.69) is 28.1 Å². The molecule has 3 nitrogen and oxygen atoms in total. The number of carbonyl (C=O) groups is 1. The van der Waals surface area contributed by atoms with Gasteiger partial charge >= 0.3 is 0 Å². The summed E-state index contributed by atoms with van der Waals surface area (Å²) in [6.07, 6.45) is 6.57. The zero-order valence-corrected chi connectivity index (χ0v) is 13.3. The van der Waals surface area contributed by atoms with E-state index in [0.29, 0.717) is 12.5 Å². The molecule has 0 N–H and O–H groups in total. The molecule has 0 saturated heterocycles. The second-order valence-electron chi connectivity index (χ2n) is 5.87. The Balaban J connectivity index is 1.76. The highest BCUT2D eigenvalue weighted by Gasteiger charge is 2.27. The van der Waals surface area contributed by atoms with Crippen molar-refractivity contribution in [3.05, 3.63) is 46.4 Å². The third-order valence-electron chi connectivity index (χ3n) is 4.35. The zero-order chi connectivity index (χ0) is 14.7. The number of hydrogen-bond acceptors (Lipinski definition) is 2.